The Balaban J connectivity index is 1.75. The number of rotatable bonds is 5. The molecule has 0 atom stereocenters. The van der Waals surface area contributed by atoms with E-state index >= 15 is 0 Å². The van der Waals surface area contributed by atoms with Crippen molar-refractivity contribution in [3.8, 4) is 5.75 Å². The third-order valence-electron chi connectivity index (χ3n) is 4.67. The van der Waals surface area contributed by atoms with Crippen molar-refractivity contribution < 1.29 is 9.53 Å². The van der Waals surface area contributed by atoms with Crippen LogP contribution in [0.5, 0.6) is 5.75 Å². The van der Waals surface area contributed by atoms with Gasteiger partial charge in [-0.05, 0) is 30.4 Å². The molecule has 1 fully saturated rings. The van der Waals surface area contributed by atoms with Crippen LogP contribution < -0.4 is 10.5 Å². The molecule has 2 N–H and O–H groups in total. The maximum absolute atomic E-state index is 12.2. The highest BCUT2D eigenvalue weighted by Crippen LogP contribution is 2.34. The molecule has 0 unspecified atom stereocenters. The molecule has 1 heterocycles. The van der Waals surface area contributed by atoms with Crippen LogP contribution in [0.3, 0.4) is 0 Å². The van der Waals surface area contributed by atoms with E-state index in [1.807, 2.05) is 23.1 Å². The predicted octanol–water partition coefficient (Wildman–Crippen LogP) is 3.08. The van der Waals surface area contributed by atoms with E-state index in [-0.39, 0.29) is 5.91 Å². The minimum absolute atomic E-state index is 0.183. The molecular formula is C17H26N2O2. The number of ether oxygens (including phenoxy) is 1. The fourth-order valence-corrected chi connectivity index (χ4v) is 2.67. The molecule has 116 valence electrons. The van der Waals surface area contributed by atoms with Gasteiger partial charge in [0.1, 0.15) is 5.75 Å². The molecule has 1 aliphatic heterocycles. The molecule has 0 aliphatic carbocycles. The number of carbonyl (C=O) groups excluding carboxylic acids is 1. The SMILES string of the molecule is CCC1(C)CCN(C(=O)CCOc2ccccc2N)CC1. The lowest BCUT2D eigenvalue weighted by Gasteiger charge is -2.39. The van der Waals surface area contributed by atoms with Gasteiger partial charge < -0.3 is 15.4 Å². The van der Waals surface area contributed by atoms with Gasteiger partial charge in [0, 0.05) is 13.1 Å². The second-order valence-electron chi connectivity index (χ2n) is 6.18. The Morgan fingerprint density at radius 3 is 2.62 bits per heavy atom. The highest BCUT2D eigenvalue weighted by Gasteiger charge is 2.29. The van der Waals surface area contributed by atoms with Crippen LogP contribution in [-0.2, 0) is 4.79 Å². The highest BCUT2D eigenvalue weighted by atomic mass is 16.5. The molecule has 1 saturated heterocycles. The van der Waals surface area contributed by atoms with Crippen molar-refractivity contribution >= 4 is 11.6 Å². The van der Waals surface area contributed by atoms with E-state index < -0.39 is 0 Å². The summed E-state index contributed by atoms with van der Waals surface area (Å²) in [6.45, 7) is 6.67. The number of amides is 1. The molecule has 1 amide bonds. The average Bonchev–Trinajstić information content (AvgIpc) is 2.50. The molecule has 4 nitrogen and oxygen atoms in total. The summed E-state index contributed by atoms with van der Waals surface area (Å²) in [6, 6.07) is 7.37. The molecule has 2 rings (SSSR count). The molecule has 1 aromatic carbocycles. The van der Waals surface area contributed by atoms with Gasteiger partial charge in [-0.25, -0.2) is 0 Å². The van der Waals surface area contributed by atoms with Crippen LogP contribution in [0.2, 0.25) is 0 Å². The van der Waals surface area contributed by atoms with E-state index in [4.69, 9.17) is 10.5 Å². The summed E-state index contributed by atoms with van der Waals surface area (Å²) in [5, 5.41) is 0. The number of carbonyl (C=O) groups is 1. The van der Waals surface area contributed by atoms with Gasteiger partial charge >= 0.3 is 0 Å². The summed E-state index contributed by atoms with van der Waals surface area (Å²) in [5.74, 6) is 0.838. The molecule has 0 radical (unpaired) electrons. The summed E-state index contributed by atoms with van der Waals surface area (Å²) in [6.07, 6.45) is 3.80. The van der Waals surface area contributed by atoms with Crippen molar-refractivity contribution in [2.75, 3.05) is 25.4 Å². The lowest BCUT2D eigenvalue weighted by molar-refractivity contribution is -0.133. The van der Waals surface area contributed by atoms with Crippen LogP contribution in [0, 0.1) is 5.41 Å². The Morgan fingerprint density at radius 2 is 2.00 bits per heavy atom. The predicted molar refractivity (Wildman–Crippen MR) is 85.2 cm³/mol. The van der Waals surface area contributed by atoms with Crippen LogP contribution in [0.4, 0.5) is 5.69 Å². The first-order valence-electron chi connectivity index (χ1n) is 7.79. The van der Waals surface area contributed by atoms with Gasteiger partial charge in [-0.3, -0.25) is 4.79 Å². The smallest absolute Gasteiger partial charge is 0.225 e. The zero-order chi connectivity index (χ0) is 15.3. The minimum Gasteiger partial charge on any atom is -0.491 e. The number of nitrogens with zero attached hydrogens (tertiary/aromatic N) is 1. The summed E-state index contributed by atoms with van der Waals surface area (Å²) in [5.41, 5.74) is 6.83. The van der Waals surface area contributed by atoms with Crippen LogP contribution >= 0.6 is 0 Å². The second-order valence-corrected chi connectivity index (χ2v) is 6.18. The Morgan fingerprint density at radius 1 is 1.33 bits per heavy atom. The molecule has 4 heteroatoms. The monoisotopic (exact) mass is 290 g/mol. The zero-order valence-corrected chi connectivity index (χ0v) is 13.1. The van der Waals surface area contributed by atoms with E-state index in [2.05, 4.69) is 13.8 Å². The van der Waals surface area contributed by atoms with Gasteiger partial charge in [-0.15, -0.1) is 0 Å². The van der Waals surface area contributed by atoms with E-state index in [0.717, 1.165) is 25.9 Å². The number of hydrogen-bond acceptors (Lipinski definition) is 3. The lowest BCUT2D eigenvalue weighted by Crippen LogP contribution is -2.42. The second kappa shape index (κ2) is 6.83. The average molecular weight is 290 g/mol. The van der Waals surface area contributed by atoms with E-state index in [0.29, 0.717) is 29.9 Å². The Hall–Kier alpha value is -1.71. The van der Waals surface area contributed by atoms with Crippen LogP contribution in [0.1, 0.15) is 39.5 Å². The Kier molecular flexibility index (Phi) is 5.10. The summed E-state index contributed by atoms with van der Waals surface area (Å²) < 4.78 is 5.59. The molecule has 1 aromatic rings. The van der Waals surface area contributed by atoms with E-state index in [9.17, 15) is 4.79 Å². The Labute approximate surface area is 127 Å². The first kappa shape index (κ1) is 15.7. The maximum atomic E-state index is 12.2. The number of para-hydroxylation sites is 2. The highest BCUT2D eigenvalue weighted by molar-refractivity contribution is 5.76. The van der Waals surface area contributed by atoms with Gasteiger partial charge in [0.05, 0.1) is 18.7 Å². The fraction of sp³-hybridized carbons (Fsp3) is 0.588. The largest absolute Gasteiger partial charge is 0.491 e. The summed E-state index contributed by atoms with van der Waals surface area (Å²) >= 11 is 0. The standard InChI is InChI=1S/C17H26N2O2/c1-3-17(2)9-11-19(12-10-17)16(20)8-13-21-15-7-5-4-6-14(15)18/h4-7H,3,8-13,18H2,1-2H3. The van der Waals surface area contributed by atoms with Crippen LogP contribution in [-0.4, -0.2) is 30.5 Å². The van der Waals surface area contributed by atoms with Crippen LogP contribution in [0.15, 0.2) is 24.3 Å². The van der Waals surface area contributed by atoms with Gasteiger partial charge in [0.25, 0.3) is 0 Å². The maximum Gasteiger partial charge on any atom is 0.225 e. The number of nitrogens with two attached hydrogens (primary N) is 1. The van der Waals surface area contributed by atoms with Crippen molar-refractivity contribution in [3.63, 3.8) is 0 Å². The van der Waals surface area contributed by atoms with Gasteiger partial charge in [0.15, 0.2) is 0 Å². The number of hydrogen-bond donors (Lipinski definition) is 1. The quantitative estimate of drug-likeness (QED) is 0.848. The summed E-state index contributed by atoms with van der Waals surface area (Å²) in [4.78, 5) is 14.2. The van der Waals surface area contributed by atoms with Crippen molar-refractivity contribution in [3.05, 3.63) is 24.3 Å². The minimum atomic E-state index is 0.183. The lowest BCUT2D eigenvalue weighted by atomic mass is 9.78. The number of anilines is 1. The van der Waals surface area contributed by atoms with Crippen molar-refractivity contribution in [2.24, 2.45) is 5.41 Å². The first-order valence-corrected chi connectivity index (χ1v) is 7.79. The van der Waals surface area contributed by atoms with Gasteiger partial charge in [0.2, 0.25) is 5.91 Å². The summed E-state index contributed by atoms with van der Waals surface area (Å²) in [7, 11) is 0. The molecule has 1 aliphatic rings. The molecular weight excluding hydrogens is 264 g/mol. The molecule has 0 saturated carbocycles. The zero-order valence-electron chi connectivity index (χ0n) is 13.1. The van der Waals surface area contributed by atoms with Gasteiger partial charge in [-0.2, -0.15) is 0 Å². The third-order valence-corrected chi connectivity index (χ3v) is 4.67. The number of likely N-dealkylation sites (tertiary alicyclic amines) is 1. The fourth-order valence-electron chi connectivity index (χ4n) is 2.67. The third kappa shape index (κ3) is 4.13. The topological polar surface area (TPSA) is 55.6 Å². The molecule has 0 bridgehead atoms. The number of benzene rings is 1. The molecule has 0 aromatic heterocycles. The molecule has 21 heavy (non-hydrogen) atoms. The van der Waals surface area contributed by atoms with Crippen LogP contribution in [0.25, 0.3) is 0 Å². The molecule has 0 spiro atoms. The Bertz CT molecular complexity index is 479. The normalized spacial score (nSPS) is 17.5. The van der Waals surface area contributed by atoms with E-state index in [1.165, 1.54) is 6.42 Å². The number of piperidine rings is 1. The van der Waals surface area contributed by atoms with Crippen molar-refractivity contribution in [2.45, 2.75) is 39.5 Å². The number of nitrogen functional groups attached to an aromatic ring is 1. The van der Waals surface area contributed by atoms with Gasteiger partial charge in [-0.1, -0.05) is 32.4 Å². The van der Waals surface area contributed by atoms with Crippen molar-refractivity contribution in [1.82, 2.24) is 4.90 Å². The van der Waals surface area contributed by atoms with Crippen molar-refractivity contribution in [1.29, 1.82) is 0 Å². The first-order chi connectivity index (χ1) is 10.0. The van der Waals surface area contributed by atoms with E-state index in [1.54, 1.807) is 6.07 Å².